The summed E-state index contributed by atoms with van der Waals surface area (Å²) in [6, 6.07) is 8.26. The van der Waals surface area contributed by atoms with Crippen molar-refractivity contribution in [1.82, 2.24) is 9.97 Å². The lowest BCUT2D eigenvalue weighted by molar-refractivity contribution is 0.435. The predicted octanol–water partition coefficient (Wildman–Crippen LogP) is 2.60. The standard InChI is InChI=1S/C14H17N3O/c1-3-11-6-4-5-7-13(11)18-14-16-9-12(8-15)10(2)17-14/h4-7,9H,3,8,15H2,1-2H3. The van der Waals surface area contributed by atoms with E-state index in [1.807, 2.05) is 31.2 Å². The summed E-state index contributed by atoms with van der Waals surface area (Å²) in [5, 5.41) is 0. The highest BCUT2D eigenvalue weighted by molar-refractivity contribution is 5.35. The van der Waals surface area contributed by atoms with Crippen LogP contribution in [-0.4, -0.2) is 9.97 Å². The maximum atomic E-state index is 5.72. The molecule has 1 aromatic heterocycles. The number of rotatable bonds is 4. The zero-order chi connectivity index (χ0) is 13.0. The Balaban J connectivity index is 2.26. The third kappa shape index (κ3) is 2.65. The van der Waals surface area contributed by atoms with Crippen molar-refractivity contribution >= 4 is 0 Å². The first-order valence-corrected chi connectivity index (χ1v) is 6.03. The number of hydrogen-bond donors (Lipinski definition) is 1. The molecule has 1 aromatic carbocycles. The van der Waals surface area contributed by atoms with Gasteiger partial charge in [-0.25, -0.2) is 4.98 Å². The van der Waals surface area contributed by atoms with Crippen LogP contribution in [0.2, 0.25) is 0 Å². The monoisotopic (exact) mass is 243 g/mol. The first-order chi connectivity index (χ1) is 8.74. The number of aromatic nitrogens is 2. The van der Waals surface area contributed by atoms with Crippen LogP contribution in [0, 0.1) is 6.92 Å². The van der Waals surface area contributed by atoms with E-state index in [0.717, 1.165) is 29.0 Å². The fourth-order valence-corrected chi connectivity index (χ4v) is 1.71. The number of nitrogens with zero attached hydrogens (tertiary/aromatic N) is 2. The van der Waals surface area contributed by atoms with Gasteiger partial charge >= 0.3 is 6.01 Å². The number of ether oxygens (including phenoxy) is 1. The molecule has 2 N–H and O–H groups in total. The Hall–Kier alpha value is -1.94. The van der Waals surface area contributed by atoms with Gasteiger partial charge in [-0.15, -0.1) is 0 Å². The minimum atomic E-state index is 0.366. The summed E-state index contributed by atoms with van der Waals surface area (Å²) in [6.07, 6.45) is 2.63. The van der Waals surface area contributed by atoms with E-state index in [0.29, 0.717) is 12.6 Å². The minimum Gasteiger partial charge on any atom is -0.424 e. The second kappa shape index (κ2) is 5.60. The molecule has 4 heteroatoms. The van der Waals surface area contributed by atoms with Gasteiger partial charge in [0.25, 0.3) is 0 Å². The zero-order valence-electron chi connectivity index (χ0n) is 10.7. The molecule has 0 saturated carbocycles. The summed E-state index contributed by atoms with van der Waals surface area (Å²) in [4.78, 5) is 8.47. The third-order valence-electron chi connectivity index (χ3n) is 2.83. The summed E-state index contributed by atoms with van der Waals surface area (Å²) in [6.45, 7) is 4.44. The highest BCUT2D eigenvalue weighted by atomic mass is 16.5. The van der Waals surface area contributed by atoms with Gasteiger partial charge in [-0.3, -0.25) is 0 Å². The smallest absolute Gasteiger partial charge is 0.322 e. The van der Waals surface area contributed by atoms with Crippen LogP contribution >= 0.6 is 0 Å². The van der Waals surface area contributed by atoms with Gasteiger partial charge in [-0.05, 0) is 25.0 Å². The van der Waals surface area contributed by atoms with Crippen molar-refractivity contribution < 1.29 is 4.74 Å². The van der Waals surface area contributed by atoms with Crippen LogP contribution < -0.4 is 10.5 Å². The van der Waals surface area contributed by atoms with Crippen LogP contribution in [0.4, 0.5) is 0 Å². The van der Waals surface area contributed by atoms with Gasteiger partial charge in [0.1, 0.15) is 5.75 Å². The largest absolute Gasteiger partial charge is 0.424 e. The quantitative estimate of drug-likeness (QED) is 0.896. The van der Waals surface area contributed by atoms with Gasteiger partial charge in [-0.2, -0.15) is 4.98 Å². The Labute approximate surface area is 107 Å². The molecule has 2 rings (SSSR count). The molecule has 0 aliphatic rings. The van der Waals surface area contributed by atoms with Crippen LogP contribution in [0.3, 0.4) is 0 Å². The maximum Gasteiger partial charge on any atom is 0.322 e. The van der Waals surface area contributed by atoms with Gasteiger partial charge in [0.15, 0.2) is 0 Å². The molecule has 0 bridgehead atoms. The molecule has 94 valence electrons. The van der Waals surface area contributed by atoms with Crippen molar-refractivity contribution in [3.63, 3.8) is 0 Å². The predicted molar refractivity (Wildman–Crippen MR) is 70.6 cm³/mol. The van der Waals surface area contributed by atoms with Crippen molar-refractivity contribution in [2.75, 3.05) is 0 Å². The summed E-state index contributed by atoms with van der Waals surface area (Å²) in [5.41, 5.74) is 8.51. The first-order valence-electron chi connectivity index (χ1n) is 6.03. The lowest BCUT2D eigenvalue weighted by Gasteiger charge is -2.09. The van der Waals surface area contributed by atoms with Crippen LogP contribution in [0.1, 0.15) is 23.7 Å². The van der Waals surface area contributed by atoms with Crippen LogP contribution in [-0.2, 0) is 13.0 Å². The van der Waals surface area contributed by atoms with E-state index in [1.165, 1.54) is 0 Å². The zero-order valence-corrected chi connectivity index (χ0v) is 10.7. The molecule has 0 aliphatic heterocycles. The molecule has 0 saturated heterocycles. The van der Waals surface area contributed by atoms with E-state index >= 15 is 0 Å². The molecule has 0 fully saturated rings. The molecular weight excluding hydrogens is 226 g/mol. The first kappa shape index (κ1) is 12.5. The van der Waals surface area contributed by atoms with Crippen molar-refractivity contribution in [2.24, 2.45) is 5.73 Å². The van der Waals surface area contributed by atoms with E-state index < -0.39 is 0 Å². The topological polar surface area (TPSA) is 61.0 Å². The van der Waals surface area contributed by atoms with Gasteiger partial charge in [0, 0.05) is 24.0 Å². The summed E-state index contributed by atoms with van der Waals surface area (Å²) >= 11 is 0. The molecule has 0 radical (unpaired) electrons. The highest BCUT2D eigenvalue weighted by Gasteiger charge is 2.06. The lowest BCUT2D eigenvalue weighted by Crippen LogP contribution is -2.03. The normalized spacial score (nSPS) is 10.4. The lowest BCUT2D eigenvalue weighted by atomic mass is 10.1. The van der Waals surface area contributed by atoms with Crippen LogP contribution in [0.5, 0.6) is 11.8 Å². The molecular formula is C14H17N3O. The van der Waals surface area contributed by atoms with E-state index in [9.17, 15) is 0 Å². The van der Waals surface area contributed by atoms with Crippen molar-refractivity contribution in [2.45, 2.75) is 26.8 Å². The molecule has 0 unspecified atom stereocenters. The van der Waals surface area contributed by atoms with Crippen LogP contribution in [0.15, 0.2) is 30.5 Å². The molecule has 0 spiro atoms. The SMILES string of the molecule is CCc1ccccc1Oc1ncc(CN)c(C)n1. The van der Waals surface area contributed by atoms with E-state index in [4.69, 9.17) is 10.5 Å². The van der Waals surface area contributed by atoms with E-state index in [1.54, 1.807) is 6.20 Å². The van der Waals surface area contributed by atoms with Gasteiger partial charge in [0.05, 0.1) is 0 Å². The molecule has 2 aromatic rings. The fourth-order valence-electron chi connectivity index (χ4n) is 1.71. The highest BCUT2D eigenvalue weighted by Crippen LogP contribution is 2.23. The Bertz CT molecular complexity index is 540. The Morgan fingerprint density at radius 2 is 2.00 bits per heavy atom. The number of benzene rings is 1. The van der Waals surface area contributed by atoms with Crippen LogP contribution in [0.25, 0.3) is 0 Å². The third-order valence-corrected chi connectivity index (χ3v) is 2.83. The minimum absolute atomic E-state index is 0.366. The molecule has 0 atom stereocenters. The van der Waals surface area contributed by atoms with E-state index in [2.05, 4.69) is 16.9 Å². The van der Waals surface area contributed by atoms with Crippen molar-refractivity contribution in [3.05, 3.63) is 47.3 Å². The Morgan fingerprint density at radius 1 is 1.22 bits per heavy atom. The fraction of sp³-hybridized carbons (Fsp3) is 0.286. The number of nitrogens with two attached hydrogens (primary N) is 1. The summed E-state index contributed by atoms with van der Waals surface area (Å²) in [7, 11) is 0. The summed E-state index contributed by atoms with van der Waals surface area (Å²) in [5.74, 6) is 0.805. The van der Waals surface area contributed by atoms with E-state index in [-0.39, 0.29) is 0 Å². The average molecular weight is 243 g/mol. The maximum absolute atomic E-state index is 5.72. The second-order valence-corrected chi connectivity index (χ2v) is 4.03. The van der Waals surface area contributed by atoms with Gasteiger partial charge in [0.2, 0.25) is 0 Å². The average Bonchev–Trinajstić information content (AvgIpc) is 2.39. The molecule has 0 amide bonds. The van der Waals surface area contributed by atoms with Crippen molar-refractivity contribution in [3.8, 4) is 11.8 Å². The Morgan fingerprint density at radius 3 is 2.67 bits per heavy atom. The van der Waals surface area contributed by atoms with Crippen molar-refractivity contribution in [1.29, 1.82) is 0 Å². The summed E-state index contributed by atoms with van der Waals surface area (Å²) < 4.78 is 5.72. The second-order valence-electron chi connectivity index (χ2n) is 4.03. The van der Waals surface area contributed by atoms with Gasteiger partial charge < -0.3 is 10.5 Å². The molecule has 1 heterocycles. The molecule has 0 aliphatic carbocycles. The number of para-hydroxylation sites is 1. The number of aryl methyl sites for hydroxylation is 2. The van der Waals surface area contributed by atoms with Gasteiger partial charge in [-0.1, -0.05) is 25.1 Å². The molecule has 18 heavy (non-hydrogen) atoms. The molecule has 4 nitrogen and oxygen atoms in total. The number of hydrogen-bond acceptors (Lipinski definition) is 4. The Kier molecular flexibility index (Phi) is 3.89.